The lowest BCUT2D eigenvalue weighted by atomic mass is 9.81. The van der Waals surface area contributed by atoms with Crippen molar-refractivity contribution in [2.45, 2.75) is 25.2 Å². The Labute approximate surface area is 151 Å². The van der Waals surface area contributed by atoms with Crippen molar-refractivity contribution in [1.82, 2.24) is 25.0 Å². The van der Waals surface area contributed by atoms with Gasteiger partial charge in [-0.25, -0.2) is 4.98 Å². The fraction of sp³-hybridized carbons (Fsp3) is 0.316. The smallest absolute Gasteiger partial charge is 0.274 e. The van der Waals surface area contributed by atoms with Crippen LogP contribution in [0.1, 0.15) is 36.1 Å². The summed E-state index contributed by atoms with van der Waals surface area (Å²) in [5.74, 6) is 1.01. The first-order valence-corrected chi connectivity index (χ1v) is 8.61. The Hall–Kier alpha value is -3.09. The molecule has 3 heterocycles. The van der Waals surface area contributed by atoms with Crippen molar-refractivity contribution in [1.29, 1.82) is 0 Å². The molecule has 1 aliphatic heterocycles. The molecule has 26 heavy (non-hydrogen) atoms. The summed E-state index contributed by atoms with van der Waals surface area (Å²) in [6, 6.07) is 9.72. The molecule has 132 valence electrons. The SMILES string of the molecule is C[C@]1(c2nc(-c3ccccc3)no2)CCCN(C(=O)c2cnccn2)C1. The maximum atomic E-state index is 12.7. The van der Waals surface area contributed by atoms with E-state index in [9.17, 15) is 4.79 Å². The Kier molecular flexibility index (Phi) is 4.20. The van der Waals surface area contributed by atoms with Crippen molar-refractivity contribution in [2.75, 3.05) is 13.1 Å². The summed E-state index contributed by atoms with van der Waals surface area (Å²) in [5.41, 5.74) is 0.887. The van der Waals surface area contributed by atoms with E-state index in [4.69, 9.17) is 4.52 Å². The molecule has 1 amide bonds. The molecule has 1 aliphatic rings. The van der Waals surface area contributed by atoms with Crippen molar-refractivity contribution in [3.05, 3.63) is 60.5 Å². The van der Waals surface area contributed by atoms with Gasteiger partial charge in [-0.15, -0.1) is 0 Å². The van der Waals surface area contributed by atoms with Gasteiger partial charge in [0.2, 0.25) is 11.7 Å². The van der Waals surface area contributed by atoms with Gasteiger partial charge in [0.05, 0.1) is 11.6 Å². The highest BCUT2D eigenvalue weighted by Gasteiger charge is 2.39. The molecule has 0 spiro atoms. The zero-order valence-corrected chi connectivity index (χ0v) is 14.5. The molecular formula is C19H19N5O2. The standard InChI is InChI=1S/C19H19N5O2/c1-19(18-22-16(23-26-18)14-6-3-2-4-7-14)8-5-11-24(13-19)17(25)15-12-20-9-10-21-15/h2-4,6-7,9-10,12H,5,8,11,13H2,1H3/t19-/m0/s1. The van der Waals surface area contributed by atoms with Crippen LogP contribution in [-0.2, 0) is 5.41 Å². The first kappa shape index (κ1) is 16.4. The third-order valence-corrected chi connectivity index (χ3v) is 4.74. The van der Waals surface area contributed by atoms with Crippen molar-refractivity contribution >= 4 is 5.91 Å². The van der Waals surface area contributed by atoms with Gasteiger partial charge in [-0.3, -0.25) is 9.78 Å². The summed E-state index contributed by atoms with van der Waals surface area (Å²) in [6.07, 6.45) is 6.33. The van der Waals surface area contributed by atoms with Gasteiger partial charge in [-0.2, -0.15) is 4.98 Å². The third kappa shape index (κ3) is 3.08. The number of rotatable bonds is 3. The number of nitrogens with zero attached hydrogens (tertiary/aromatic N) is 5. The highest BCUT2D eigenvalue weighted by Crippen LogP contribution is 2.34. The monoisotopic (exact) mass is 349 g/mol. The summed E-state index contributed by atoms with van der Waals surface area (Å²) in [6.45, 7) is 3.26. The maximum absolute atomic E-state index is 12.7. The third-order valence-electron chi connectivity index (χ3n) is 4.74. The predicted molar refractivity (Wildman–Crippen MR) is 94.3 cm³/mol. The number of hydrogen-bond acceptors (Lipinski definition) is 6. The zero-order chi connectivity index (χ0) is 18.0. The number of likely N-dealkylation sites (tertiary alicyclic amines) is 1. The molecule has 0 unspecified atom stereocenters. The van der Waals surface area contributed by atoms with Gasteiger partial charge < -0.3 is 9.42 Å². The Morgan fingerprint density at radius 3 is 2.85 bits per heavy atom. The molecule has 7 nitrogen and oxygen atoms in total. The van der Waals surface area contributed by atoms with Crippen molar-refractivity contribution in [3.63, 3.8) is 0 Å². The van der Waals surface area contributed by atoms with Crippen LogP contribution in [0, 0.1) is 0 Å². The van der Waals surface area contributed by atoms with Crippen molar-refractivity contribution < 1.29 is 9.32 Å². The summed E-state index contributed by atoms with van der Waals surface area (Å²) in [4.78, 5) is 27.2. The van der Waals surface area contributed by atoms with E-state index in [1.165, 1.54) is 12.4 Å². The van der Waals surface area contributed by atoms with Crippen LogP contribution < -0.4 is 0 Å². The van der Waals surface area contributed by atoms with Gasteiger partial charge in [-0.1, -0.05) is 35.5 Å². The summed E-state index contributed by atoms with van der Waals surface area (Å²) >= 11 is 0. The predicted octanol–water partition coefficient (Wildman–Crippen LogP) is 2.72. The Morgan fingerprint density at radius 2 is 2.08 bits per heavy atom. The molecule has 3 aromatic rings. The van der Waals surface area contributed by atoms with Crippen LogP contribution in [0.4, 0.5) is 0 Å². The molecule has 0 radical (unpaired) electrons. The second kappa shape index (κ2) is 6.67. The van der Waals surface area contributed by atoms with Gasteiger partial charge in [-0.05, 0) is 19.8 Å². The van der Waals surface area contributed by atoms with E-state index in [0.717, 1.165) is 18.4 Å². The summed E-state index contributed by atoms with van der Waals surface area (Å²) in [5, 5.41) is 4.12. The maximum Gasteiger partial charge on any atom is 0.274 e. The minimum absolute atomic E-state index is 0.119. The number of piperidine rings is 1. The molecule has 1 atom stereocenters. The number of aromatic nitrogens is 4. The molecular weight excluding hydrogens is 330 g/mol. The van der Waals surface area contributed by atoms with E-state index < -0.39 is 0 Å². The largest absolute Gasteiger partial charge is 0.338 e. The van der Waals surface area contributed by atoms with Gasteiger partial charge in [0.15, 0.2) is 0 Å². The lowest BCUT2D eigenvalue weighted by molar-refractivity contribution is 0.0613. The average Bonchev–Trinajstić information content (AvgIpc) is 3.20. The van der Waals surface area contributed by atoms with E-state index in [1.807, 2.05) is 30.3 Å². The molecule has 4 rings (SSSR count). The molecule has 0 aliphatic carbocycles. The molecule has 0 bridgehead atoms. The Morgan fingerprint density at radius 1 is 1.23 bits per heavy atom. The first-order valence-electron chi connectivity index (χ1n) is 8.61. The number of carbonyl (C=O) groups excluding carboxylic acids is 1. The van der Waals surface area contributed by atoms with Crippen LogP contribution in [0.5, 0.6) is 0 Å². The number of amides is 1. The van der Waals surface area contributed by atoms with Gasteiger partial charge >= 0.3 is 0 Å². The number of hydrogen-bond donors (Lipinski definition) is 0. The molecule has 0 saturated carbocycles. The van der Waals surface area contributed by atoms with Crippen molar-refractivity contribution in [3.8, 4) is 11.4 Å². The van der Waals surface area contributed by atoms with Crippen LogP contribution in [0.2, 0.25) is 0 Å². The molecule has 0 N–H and O–H groups in total. The van der Waals surface area contributed by atoms with E-state index >= 15 is 0 Å². The molecule has 1 fully saturated rings. The van der Waals surface area contributed by atoms with Crippen LogP contribution in [0.3, 0.4) is 0 Å². The number of carbonyl (C=O) groups is 1. The van der Waals surface area contributed by atoms with E-state index in [0.29, 0.717) is 30.5 Å². The van der Waals surface area contributed by atoms with E-state index in [1.54, 1.807) is 11.1 Å². The quantitative estimate of drug-likeness (QED) is 0.723. The van der Waals surface area contributed by atoms with E-state index in [2.05, 4.69) is 27.0 Å². The minimum atomic E-state index is -0.379. The van der Waals surface area contributed by atoms with Gasteiger partial charge in [0.25, 0.3) is 5.91 Å². The van der Waals surface area contributed by atoms with Crippen molar-refractivity contribution in [2.24, 2.45) is 0 Å². The summed E-state index contributed by atoms with van der Waals surface area (Å²) in [7, 11) is 0. The zero-order valence-electron chi connectivity index (χ0n) is 14.5. The molecule has 1 saturated heterocycles. The van der Waals surface area contributed by atoms with Crippen LogP contribution >= 0.6 is 0 Å². The summed E-state index contributed by atoms with van der Waals surface area (Å²) < 4.78 is 5.57. The normalized spacial score (nSPS) is 20.1. The van der Waals surface area contributed by atoms with E-state index in [-0.39, 0.29) is 11.3 Å². The Balaban J connectivity index is 1.56. The molecule has 2 aromatic heterocycles. The fourth-order valence-corrected chi connectivity index (χ4v) is 3.33. The Bertz CT molecular complexity index is 897. The second-order valence-electron chi connectivity index (χ2n) is 6.77. The van der Waals surface area contributed by atoms with Gasteiger partial charge in [0, 0.05) is 31.0 Å². The molecule has 1 aromatic carbocycles. The number of benzene rings is 1. The lowest BCUT2D eigenvalue weighted by Gasteiger charge is -2.37. The topological polar surface area (TPSA) is 85.0 Å². The minimum Gasteiger partial charge on any atom is -0.338 e. The molecule has 7 heteroatoms. The fourth-order valence-electron chi connectivity index (χ4n) is 3.33. The first-order chi connectivity index (χ1) is 12.7. The average molecular weight is 349 g/mol. The van der Waals surface area contributed by atoms with Gasteiger partial charge in [0.1, 0.15) is 5.69 Å². The van der Waals surface area contributed by atoms with Crippen LogP contribution in [-0.4, -0.2) is 44.0 Å². The highest BCUT2D eigenvalue weighted by atomic mass is 16.5. The van der Waals surface area contributed by atoms with Crippen LogP contribution in [0.15, 0.2) is 53.4 Å². The second-order valence-corrected chi connectivity index (χ2v) is 6.77. The highest BCUT2D eigenvalue weighted by molar-refractivity contribution is 5.92. The lowest BCUT2D eigenvalue weighted by Crippen LogP contribution is -2.47. The van der Waals surface area contributed by atoms with Crippen LogP contribution in [0.25, 0.3) is 11.4 Å².